The van der Waals surface area contributed by atoms with Crippen molar-refractivity contribution in [1.29, 1.82) is 0 Å². The van der Waals surface area contributed by atoms with Crippen LogP contribution < -0.4 is 5.32 Å². The molecule has 1 aliphatic rings. The summed E-state index contributed by atoms with van der Waals surface area (Å²) in [5, 5.41) is 13.2. The van der Waals surface area contributed by atoms with Crippen LogP contribution >= 0.6 is 0 Å². The average molecular weight is 256 g/mol. The maximum absolute atomic E-state index is 12.5. The summed E-state index contributed by atoms with van der Waals surface area (Å²) in [6, 6.07) is 0. The number of nitrogens with one attached hydrogen (secondary N) is 1. The van der Waals surface area contributed by atoms with Crippen LogP contribution in [0.5, 0.6) is 0 Å². The zero-order valence-corrected chi connectivity index (χ0v) is 12.4. The summed E-state index contributed by atoms with van der Waals surface area (Å²) in [5.74, 6) is 0.501. The molecular weight excluding hydrogens is 228 g/mol. The molecule has 18 heavy (non-hydrogen) atoms. The van der Waals surface area contributed by atoms with E-state index in [0.29, 0.717) is 12.5 Å². The van der Waals surface area contributed by atoms with Crippen LogP contribution in [0, 0.1) is 11.3 Å². The third-order valence-corrected chi connectivity index (χ3v) is 3.84. The van der Waals surface area contributed by atoms with E-state index in [1.54, 1.807) is 25.8 Å². The van der Waals surface area contributed by atoms with Gasteiger partial charge in [0.25, 0.3) is 0 Å². The van der Waals surface area contributed by atoms with Crippen molar-refractivity contribution in [3.63, 3.8) is 0 Å². The molecule has 1 amide bonds. The van der Waals surface area contributed by atoms with Gasteiger partial charge in [-0.05, 0) is 45.7 Å². The van der Waals surface area contributed by atoms with Gasteiger partial charge in [-0.1, -0.05) is 13.8 Å². The first-order chi connectivity index (χ1) is 8.14. The number of hydrogen-bond donors (Lipinski definition) is 2. The van der Waals surface area contributed by atoms with E-state index < -0.39 is 5.60 Å². The molecule has 1 aliphatic heterocycles. The fourth-order valence-corrected chi connectivity index (χ4v) is 2.79. The highest BCUT2D eigenvalue weighted by Crippen LogP contribution is 2.33. The lowest BCUT2D eigenvalue weighted by atomic mass is 9.74. The van der Waals surface area contributed by atoms with Crippen molar-refractivity contribution in [2.75, 3.05) is 26.7 Å². The zero-order valence-electron chi connectivity index (χ0n) is 12.4. The molecule has 1 unspecified atom stereocenters. The van der Waals surface area contributed by atoms with Crippen molar-refractivity contribution in [3.05, 3.63) is 0 Å². The second-order valence-corrected chi connectivity index (χ2v) is 6.74. The SMILES string of the molecule is CN(CC(C)(C)O)C(=O)C(C)(C)C1CCCNC1. The Morgan fingerprint density at radius 3 is 2.44 bits per heavy atom. The second-order valence-electron chi connectivity index (χ2n) is 6.74. The Labute approximate surface area is 111 Å². The minimum atomic E-state index is -0.842. The summed E-state index contributed by atoms with van der Waals surface area (Å²) in [5.41, 5.74) is -1.21. The average Bonchev–Trinajstić information content (AvgIpc) is 2.27. The van der Waals surface area contributed by atoms with E-state index in [9.17, 15) is 9.90 Å². The van der Waals surface area contributed by atoms with Crippen LogP contribution in [-0.4, -0.2) is 48.2 Å². The Morgan fingerprint density at radius 2 is 2.00 bits per heavy atom. The normalized spacial score (nSPS) is 21.8. The molecule has 0 radical (unpaired) electrons. The Hall–Kier alpha value is -0.610. The van der Waals surface area contributed by atoms with Gasteiger partial charge in [0.15, 0.2) is 0 Å². The number of carbonyl (C=O) groups excluding carboxylic acids is 1. The van der Waals surface area contributed by atoms with Crippen molar-refractivity contribution in [3.8, 4) is 0 Å². The number of piperidine rings is 1. The third-order valence-electron chi connectivity index (χ3n) is 3.84. The zero-order chi connectivity index (χ0) is 14.0. The lowest BCUT2D eigenvalue weighted by molar-refractivity contribution is -0.145. The molecule has 106 valence electrons. The molecular formula is C14H28N2O2. The Kier molecular flexibility index (Phi) is 4.78. The maximum Gasteiger partial charge on any atom is 0.228 e. The van der Waals surface area contributed by atoms with Crippen molar-refractivity contribution >= 4 is 5.91 Å². The Morgan fingerprint density at radius 1 is 1.39 bits per heavy atom. The molecule has 0 aromatic carbocycles. The minimum absolute atomic E-state index is 0.123. The fourth-order valence-electron chi connectivity index (χ4n) is 2.79. The van der Waals surface area contributed by atoms with Gasteiger partial charge < -0.3 is 15.3 Å². The molecule has 0 aromatic heterocycles. The van der Waals surface area contributed by atoms with E-state index in [1.165, 1.54) is 0 Å². The summed E-state index contributed by atoms with van der Waals surface area (Å²) >= 11 is 0. The highest BCUT2D eigenvalue weighted by atomic mass is 16.3. The number of hydrogen-bond acceptors (Lipinski definition) is 3. The van der Waals surface area contributed by atoms with Gasteiger partial charge in [-0.15, -0.1) is 0 Å². The summed E-state index contributed by atoms with van der Waals surface area (Å²) in [6.07, 6.45) is 2.23. The van der Waals surface area contributed by atoms with Crippen LogP contribution in [-0.2, 0) is 4.79 Å². The van der Waals surface area contributed by atoms with Crippen LogP contribution in [0.1, 0.15) is 40.5 Å². The lowest BCUT2D eigenvalue weighted by Crippen LogP contribution is -2.50. The van der Waals surface area contributed by atoms with Gasteiger partial charge in [0.1, 0.15) is 0 Å². The van der Waals surface area contributed by atoms with Crippen molar-refractivity contribution in [2.24, 2.45) is 11.3 Å². The predicted molar refractivity (Wildman–Crippen MR) is 73.3 cm³/mol. The monoisotopic (exact) mass is 256 g/mol. The summed E-state index contributed by atoms with van der Waals surface area (Å²) in [4.78, 5) is 14.2. The van der Waals surface area contributed by atoms with Crippen LogP contribution in [0.15, 0.2) is 0 Å². The van der Waals surface area contributed by atoms with Crippen molar-refractivity contribution < 1.29 is 9.90 Å². The topological polar surface area (TPSA) is 52.6 Å². The minimum Gasteiger partial charge on any atom is -0.389 e. The number of likely N-dealkylation sites (N-methyl/N-ethyl adjacent to an activating group) is 1. The van der Waals surface area contributed by atoms with Gasteiger partial charge in [0, 0.05) is 19.0 Å². The van der Waals surface area contributed by atoms with E-state index in [2.05, 4.69) is 5.32 Å². The molecule has 1 heterocycles. The largest absolute Gasteiger partial charge is 0.389 e. The first-order valence-electron chi connectivity index (χ1n) is 6.83. The standard InChI is InChI=1S/C14H28N2O2/c1-13(2,18)10-16(5)12(17)14(3,4)11-7-6-8-15-9-11/h11,15,18H,6-10H2,1-5H3. The highest BCUT2D eigenvalue weighted by molar-refractivity contribution is 5.82. The third kappa shape index (κ3) is 3.95. The molecule has 1 rings (SSSR count). The van der Waals surface area contributed by atoms with E-state index in [1.807, 2.05) is 13.8 Å². The number of amides is 1. The Balaban J connectivity index is 2.68. The van der Waals surface area contributed by atoms with E-state index >= 15 is 0 Å². The molecule has 2 N–H and O–H groups in total. The van der Waals surface area contributed by atoms with Gasteiger partial charge >= 0.3 is 0 Å². The van der Waals surface area contributed by atoms with Crippen LogP contribution in [0.3, 0.4) is 0 Å². The number of aliphatic hydroxyl groups is 1. The maximum atomic E-state index is 12.5. The van der Waals surface area contributed by atoms with Crippen LogP contribution in [0.2, 0.25) is 0 Å². The molecule has 4 nitrogen and oxygen atoms in total. The molecule has 1 fully saturated rings. The van der Waals surface area contributed by atoms with E-state index in [-0.39, 0.29) is 11.3 Å². The van der Waals surface area contributed by atoms with Crippen molar-refractivity contribution in [2.45, 2.75) is 46.1 Å². The summed E-state index contributed by atoms with van der Waals surface area (Å²) in [6.45, 7) is 9.84. The summed E-state index contributed by atoms with van der Waals surface area (Å²) in [7, 11) is 1.78. The fraction of sp³-hybridized carbons (Fsp3) is 0.929. The van der Waals surface area contributed by atoms with E-state index in [0.717, 1.165) is 25.9 Å². The van der Waals surface area contributed by atoms with E-state index in [4.69, 9.17) is 0 Å². The molecule has 0 bridgehead atoms. The van der Waals surface area contributed by atoms with Gasteiger partial charge in [-0.3, -0.25) is 4.79 Å². The molecule has 0 aromatic rings. The van der Waals surface area contributed by atoms with Gasteiger partial charge in [-0.2, -0.15) is 0 Å². The summed E-state index contributed by atoms with van der Waals surface area (Å²) < 4.78 is 0. The quantitative estimate of drug-likeness (QED) is 0.796. The molecule has 1 atom stereocenters. The number of carbonyl (C=O) groups is 1. The first kappa shape index (κ1) is 15.4. The predicted octanol–water partition coefficient (Wildman–Crippen LogP) is 1.24. The lowest BCUT2D eigenvalue weighted by Gasteiger charge is -2.39. The molecule has 0 aliphatic carbocycles. The van der Waals surface area contributed by atoms with Gasteiger partial charge in [0.05, 0.1) is 5.60 Å². The molecule has 0 spiro atoms. The van der Waals surface area contributed by atoms with Crippen LogP contribution in [0.4, 0.5) is 0 Å². The molecule has 1 saturated heterocycles. The van der Waals surface area contributed by atoms with Crippen LogP contribution in [0.25, 0.3) is 0 Å². The molecule has 0 saturated carbocycles. The second kappa shape index (κ2) is 5.57. The smallest absolute Gasteiger partial charge is 0.228 e. The number of nitrogens with zero attached hydrogens (tertiary/aromatic N) is 1. The Bertz CT molecular complexity index is 289. The van der Waals surface area contributed by atoms with Gasteiger partial charge in [0.2, 0.25) is 5.91 Å². The highest BCUT2D eigenvalue weighted by Gasteiger charge is 2.39. The van der Waals surface area contributed by atoms with Gasteiger partial charge in [-0.25, -0.2) is 0 Å². The molecule has 4 heteroatoms. The number of rotatable bonds is 4. The first-order valence-corrected chi connectivity index (χ1v) is 6.83. The van der Waals surface area contributed by atoms with Crippen molar-refractivity contribution in [1.82, 2.24) is 10.2 Å².